The molecule has 0 aliphatic heterocycles. The van der Waals surface area contributed by atoms with Crippen molar-refractivity contribution in [3.05, 3.63) is 39.5 Å². The van der Waals surface area contributed by atoms with E-state index >= 15 is 0 Å². The van der Waals surface area contributed by atoms with Crippen LogP contribution in [0.3, 0.4) is 0 Å². The molecule has 1 heterocycles. The molecule has 1 aromatic heterocycles. The maximum absolute atomic E-state index is 6.04. The highest BCUT2D eigenvalue weighted by Gasteiger charge is 2.15. The van der Waals surface area contributed by atoms with Gasteiger partial charge in [0.15, 0.2) is 5.82 Å². The third-order valence-corrected chi connectivity index (χ3v) is 4.12. The van der Waals surface area contributed by atoms with Crippen molar-refractivity contribution in [2.24, 2.45) is 5.92 Å². The molecule has 106 valence electrons. The Bertz CT molecular complexity index is 616. The molecule has 20 heavy (non-hydrogen) atoms. The number of benzene rings is 1. The minimum absolute atomic E-state index is 0.508. The van der Waals surface area contributed by atoms with Crippen molar-refractivity contribution >= 4 is 21.7 Å². The highest BCUT2D eigenvalue weighted by atomic mass is 79.9. The molecular formula is C16H20BrN3. The second-order valence-electron chi connectivity index (χ2n) is 5.56. The first-order valence-corrected chi connectivity index (χ1v) is 7.58. The zero-order chi connectivity index (χ0) is 14.9. The number of nitrogens with two attached hydrogens (primary N) is 1. The molecule has 0 aliphatic carbocycles. The van der Waals surface area contributed by atoms with E-state index in [1.807, 2.05) is 6.07 Å². The van der Waals surface area contributed by atoms with Crippen LogP contribution in [0.15, 0.2) is 22.7 Å². The van der Waals surface area contributed by atoms with Crippen molar-refractivity contribution in [3.63, 3.8) is 0 Å². The number of aryl methyl sites for hydroxylation is 2. The Labute approximate surface area is 128 Å². The molecule has 0 fully saturated rings. The molecule has 3 nitrogen and oxygen atoms in total. The standard InChI is InChI=1S/C16H20BrN3/c1-9(2)8-12-14(17)15(18)20-16(19-12)13-10(3)6-5-7-11(13)4/h5-7,9H,8H2,1-4H3,(H2,18,19,20). The van der Waals surface area contributed by atoms with Gasteiger partial charge in [0.1, 0.15) is 5.82 Å². The summed E-state index contributed by atoms with van der Waals surface area (Å²) in [5.74, 6) is 1.75. The number of rotatable bonds is 3. The van der Waals surface area contributed by atoms with Gasteiger partial charge in [0, 0.05) is 5.56 Å². The Balaban J connectivity index is 2.61. The van der Waals surface area contributed by atoms with Crippen molar-refractivity contribution in [2.75, 3.05) is 5.73 Å². The van der Waals surface area contributed by atoms with E-state index < -0.39 is 0 Å². The van der Waals surface area contributed by atoms with Crippen LogP contribution in [-0.4, -0.2) is 9.97 Å². The van der Waals surface area contributed by atoms with Gasteiger partial charge < -0.3 is 5.73 Å². The van der Waals surface area contributed by atoms with Gasteiger partial charge in [-0.25, -0.2) is 9.97 Å². The SMILES string of the molecule is Cc1cccc(C)c1-c1nc(N)c(Br)c(CC(C)C)n1. The van der Waals surface area contributed by atoms with Crippen LogP contribution >= 0.6 is 15.9 Å². The Kier molecular flexibility index (Phi) is 4.43. The molecule has 0 radical (unpaired) electrons. The van der Waals surface area contributed by atoms with Crippen LogP contribution in [0.4, 0.5) is 5.82 Å². The molecule has 2 N–H and O–H groups in total. The summed E-state index contributed by atoms with van der Waals surface area (Å²) in [6.45, 7) is 8.49. The normalized spacial score (nSPS) is 11.1. The minimum atomic E-state index is 0.508. The van der Waals surface area contributed by atoms with Crippen molar-refractivity contribution in [1.82, 2.24) is 9.97 Å². The highest BCUT2D eigenvalue weighted by molar-refractivity contribution is 9.10. The molecule has 4 heteroatoms. The number of nitrogens with zero attached hydrogens (tertiary/aromatic N) is 2. The smallest absolute Gasteiger partial charge is 0.162 e. The molecule has 0 saturated heterocycles. The van der Waals surface area contributed by atoms with Gasteiger partial charge in [0.05, 0.1) is 10.2 Å². The van der Waals surface area contributed by atoms with Gasteiger partial charge in [0.2, 0.25) is 0 Å². The van der Waals surface area contributed by atoms with Crippen LogP contribution in [0.1, 0.15) is 30.7 Å². The Morgan fingerprint density at radius 2 is 1.75 bits per heavy atom. The Hall–Kier alpha value is -1.42. The maximum Gasteiger partial charge on any atom is 0.162 e. The summed E-state index contributed by atoms with van der Waals surface area (Å²) in [6.07, 6.45) is 0.880. The molecule has 0 bridgehead atoms. The fraction of sp³-hybridized carbons (Fsp3) is 0.375. The van der Waals surface area contributed by atoms with Crippen molar-refractivity contribution < 1.29 is 0 Å². The average molecular weight is 334 g/mol. The fourth-order valence-electron chi connectivity index (χ4n) is 2.31. The molecule has 0 saturated carbocycles. The predicted octanol–water partition coefficient (Wildman–Crippen LogP) is 4.30. The lowest BCUT2D eigenvalue weighted by Crippen LogP contribution is -2.06. The summed E-state index contributed by atoms with van der Waals surface area (Å²) in [6, 6.07) is 6.20. The predicted molar refractivity (Wildman–Crippen MR) is 87.6 cm³/mol. The fourth-order valence-corrected chi connectivity index (χ4v) is 2.65. The molecule has 0 atom stereocenters. The van der Waals surface area contributed by atoms with Crippen LogP contribution in [-0.2, 0) is 6.42 Å². The first-order chi connectivity index (χ1) is 9.40. The number of hydrogen-bond acceptors (Lipinski definition) is 3. The molecule has 0 aliphatic rings. The van der Waals surface area contributed by atoms with E-state index in [1.54, 1.807) is 0 Å². The van der Waals surface area contributed by atoms with Gasteiger partial charge in [-0.2, -0.15) is 0 Å². The first-order valence-electron chi connectivity index (χ1n) is 6.78. The lowest BCUT2D eigenvalue weighted by Gasteiger charge is -2.13. The molecular weight excluding hydrogens is 314 g/mol. The summed E-state index contributed by atoms with van der Waals surface area (Å²) in [7, 11) is 0. The van der Waals surface area contributed by atoms with Crippen LogP contribution < -0.4 is 5.73 Å². The molecule has 0 amide bonds. The van der Waals surface area contributed by atoms with Gasteiger partial charge in [-0.15, -0.1) is 0 Å². The van der Waals surface area contributed by atoms with Crippen molar-refractivity contribution in [2.45, 2.75) is 34.1 Å². The van der Waals surface area contributed by atoms with E-state index in [4.69, 9.17) is 10.7 Å². The summed E-state index contributed by atoms with van der Waals surface area (Å²) >= 11 is 3.50. The van der Waals surface area contributed by atoms with E-state index in [2.05, 4.69) is 60.7 Å². The van der Waals surface area contributed by atoms with E-state index in [1.165, 1.54) is 11.1 Å². The van der Waals surface area contributed by atoms with Crippen molar-refractivity contribution in [1.29, 1.82) is 0 Å². The van der Waals surface area contributed by atoms with Gasteiger partial charge in [0.25, 0.3) is 0 Å². The topological polar surface area (TPSA) is 51.8 Å². The second-order valence-corrected chi connectivity index (χ2v) is 6.35. The van der Waals surface area contributed by atoms with Gasteiger partial charge >= 0.3 is 0 Å². The number of halogens is 1. The molecule has 0 spiro atoms. The molecule has 1 aromatic carbocycles. The number of hydrogen-bond donors (Lipinski definition) is 1. The zero-order valence-electron chi connectivity index (χ0n) is 12.4. The first kappa shape index (κ1) is 15.0. The number of nitrogen functional groups attached to an aromatic ring is 1. The number of aromatic nitrogens is 2. The summed E-state index contributed by atoms with van der Waals surface area (Å²) < 4.78 is 0.821. The monoisotopic (exact) mass is 333 g/mol. The van der Waals surface area contributed by atoms with Gasteiger partial charge in [-0.05, 0) is 53.2 Å². The zero-order valence-corrected chi connectivity index (χ0v) is 14.0. The minimum Gasteiger partial charge on any atom is -0.383 e. The third-order valence-electron chi connectivity index (χ3n) is 3.25. The summed E-state index contributed by atoms with van der Waals surface area (Å²) in [4.78, 5) is 9.18. The maximum atomic E-state index is 6.04. The highest BCUT2D eigenvalue weighted by Crippen LogP contribution is 2.29. The van der Waals surface area contributed by atoms with E-state index in [0.717, 1.165) is 28.0 Å². The van der Waals surface area contributed by atoms with Crippen LogP contribution in [0.5, 0.6) is 0 Å². The van der Waals surface area contributed by atoms with Gasteiger partial charge in [-0.3, -0.25) is 0 Å². The van der Waals surface area contributed by atoms with E-state index in [9.17, 15) is 0 Å². The lowest BCUT2D eigenvalue weighted by molar-refractivity contribution is 0.633. The van der Waals surface area contributed by atoms with Crippen molar-refractivity contribution in [3.8, 4) is 11.4 Å². The van der Waals surface area contributed by atoms with E-state index in [-0.39, 0.29) is 0 Å². The molecule has 0 unspecified atom stereocenters. The molecule has 2 aromatic rings. The average Bonchev–Trinajstić information content (AvgIpc) is 2.34. The summed E-state index contributed by atoms with van der Waals surface area (Å²) in [5, 5.41) is 0. The van der Waals surface area contributed by atoms with Crippen LogP contribution in [0.25, 0.3) is 11.4 Å². The quantitative estimate of drug-likeness (QED) is 0.910. The summed E-state index contributed by atoms with van der Waals surface area (Å²) in [5.41, 5.74) is 10.4. The van der Waals surface area contributed by atoms with Crippen LogP contribution in [0.2, 0.25) is 0 Å². The van der Waals surface area contributed by atoms with Gasteiger partial charge in [-0.1, -0.05) is 32.0 Å². The second kappa shape index (κ2) is 5.92. The molecule has 2 rings (SSSR count). The Morgan fingerprint density at radius 3 is 2.30 bits per heavy atom. The van der Waals surface area contributed by atoms with Crippen LogP contribution in [0, 0.1) is 19.8 Å². The van der Waals surface area contributed by atoms with E-state index in [0.29, 0.717) is 11.7 Å². The Morgan fingerprint density at radius 1 is 1.15 bits per heavy atom. The lowest BCUT2D eigenvalue weighted by atomic mass is 10.0. The largest absolute Gasteiger partial charge is 0.383 e. The third kappa shape index (κ3) is 3.01. The number of anilines is 1.